The first-order valence-corrected chi connectivity index (χ1v) is 10.7. The minimum absolute atomic E-state index is 0.0790. The van der Waals surface area contributed by atoms with Crippen LogP contribution in [0.1, 0.15) is 24.1 Å². The Kier molecular flexibility index (Phi) is 5.59. The quantitative estimate of drug-likeness (QED) is 0.659. The van der Waals surface area contributed by atoms with Crippen molar-refractivity contribution >= 4 is 32.4 Å². The second-order valence-corrected chi connectivity index (χ2v) is 9.01. The van der Waals surface area contributed by atoms with Crippen LogP contribution in [0.4, 0.5) is 9.52 Å². The Hall–Kier alpha value is -2.62. The molecule has 1 heterocycles. The average Bonchev–Trinajstić information content (AvgIpc) is 3.02. The summed E-state index contributed by atoms with van der Waals surface area (Å²) in [5, 5.41) is 7.91. The molecular weight excluding hydrogens is 401 g/mol. The zero-order valence-corrected chi connectivity index (χ0v) is 16.8. The van der Waals surface area contributed by atoms with Crippen LogP contribution in [0.3, 0.4) is 0 Å². The number of thiazole rings is 1. The monoisotopic (exact) mass is 419 g/mol. The van der Waals surface area contributed by atoms with E-state index in [0.717, 1.165) is 16.9 Å². The summed E-state index contributed by atoms with van der Waals surface area (Å²) in [6, 6.07) is 13.5. The average molecular weight is 420 g/mol. The lowest BCUT2D eigenvalue weighted by Crippen LogP contribution is -2.18. The second-order valence-electron chi connectivity index (χ2n) is 6.25. The molecule has 1 unspecified atom stereocenters. The Labute approximate surface area is 166 Å². The van der Waals surface area contributed by atoms with Crippen LogP contribution in [0.15, 0.2) is 52.7 Å². The number of halogens is 1. The third-order valence-electron chi connectivity index (χ3n) is 4.23. The van der Waals surface area contributed by atoms with Crippen LogP contribution in [0, 0.1) is 12.7 Å². The van der Waals surface area contributed by atoms with Crippen molar-refractivity contribution in [2.75, 3.05) is 5.32 Å². The highest BCUT2D eigenvalue weighted by atomic mass is 32.2. The molecule has 1 amide bonds. The number of carbonyl (C=O) groups is 1. The minimum Gasteiger partial charge on any atom is -0.301 e. The van der Waals surface area contributed by atoms with E-state index in [9.17, 15) is 17.6 Å². The standard InChI is InChI=1S/C19H18FN3O3S2/c1-11(17(24)23-19-22-12(2)18(27-19)28(21,25)26)13-7-9-14(10-8-13)15-5-3-4-6-16(15)20/h3-11H,1-2H3,(H2,21,25,26)(H,22,23,24). The third-order valence-corrected chi connectivity index (χ3v) is 6.86. The Bertz CT molecular complexity index is 1130. The molecule has 0 saturated heterocycles. The van der Waals surface area contributed by atoms with Gasteiger partial charge >= 0.3 is 0 Å². The number of aryl methyl sites for hydroxylation is 1. The van der Waals surface area contributed by atoms with Gasteiger partial charge in [-0.15, -0.1) is 0 Å². The molecule has 0 fully saturated rings. The zero-order valence-electron chi connectivity index (χ0n) is 15.1. The molecule has 0 bridgehead atoms. The first-order chi connectivity index (χ1) is 13.2. The molecule has 3 aromatic rings. The molecule has 1 aromatic heterocycles. The first-order valence-electron chi connectivity index (χ1n) is 8.33. The van der Waals surface area contributed by atoms with Gasteiger partial charge in [-0.1, -0.05) is 53.8 Å². The summed E-state index contributed by atoms with van der Waals surface area (Å²) in [7, 11) is -3.88. The van der Waals surface area contributed by atoms with E-state index in [1.54, 1.807) is 49.4 Å². The molecule has 0 spiro atoms. The SMILES string of the molecule is Cc1nc(NC(=O)C(C)c2ccc(-c3ccccc3F)cc2)sc1S(N)(=O)=O. The number of primary sulfonamides is 1. The summed E-state index contributed by atoms with van der Waals surface area (Å²) < 4.78 is 36.8. The van der Waals surface area contributed by atoms with Crippen LogP contribution in [0.5, 0.6) is 0 Å². The number of benzene rings is 2. The van der Waals surface area contributed by atoms with E-state index < -0.39 is 15.9 Å². The van der Waals surface area contributed by atoms with Gasteiger partial charge in [0.15, 0.2) is 9.34 Å². The van der Waals surface area contributed by atoms with E-state index in [0.29, 0.717) is 11.1 Å². The molecule has 0 saturated carbocycles. The molecule has 9 heteroatoms. The number of hydrogen-bond acceptors (Lipinski definition) is 5. The van der Waals surface area contributed by atoms with Gasteiger partial charge in [0, 0.05) is 5.56 Å². The maximum atomic E-state index is 13.9. The Morgan fingerprint density at radius 3 is 2.39 bits per heavy atom. The van der Waals surface area contributed by atoms with Crippen molar-refractivity contribution in [2.24, 2.45) is 5.14 Å². The Morgan fingerprint density at radius 2 is 1.82 bits per heavy atom. The predicted molar refractivity (Wildman–Crippen MR) is 107 cm³/mol. The number of nitrogens with zero attached hydrogens (tertiary/aromatic N) is 1. The molecule has 0 radical (unpaired) electrons. The highest BCUT2D eigenvalue weighted by Crippen LogP contribution is 2.28. The number of aromatic nitrogens is 1. The minimum atomic E-state index is -3.88. The van der Waals surface area contributed by atoms with Crippen LogP contribution in [-0.4, -0.2) is 19.3 Å². The number of nitrogens with one attached hydrogen (secondary N) is 1. The van der Waals surface area contributed by atoms with Crippen molar-refractivity contribution in [3.63, 3.8) is 0 Å². The molecule has 0 aliphatic heterocycles. The maximum Gasteiger partial charge on any atom is 0.249 e. The van der Waals surface area contributed by atoms with Gasteiger partial charge in [0.2, 0.25) is 15.9 Å². The molecule has 6 nitrogen and oxygen atoms in total. The molecule has 146 valence electrons. The van der Waals surface area contributed by atoms with Gasteiger partial charge in [0.25, 0.3) is 0 Å². The predicted octanol–water partition coefficient (Wildman–Crippen LogP) is 3.65. The van der Waals surface area contributed by atoms with Crippen molar-refractivity contribution < 1.29 is 17.6 Å². The summed E-state index contributed by atoms with van der Waals surface area (Å²) in [5.41, 5.74) is 2.17. The summed E-state index contributed by atoms with van der Waals surface area (Å²) in [5.74, 6) is -1.17. The van der Waals surface area contributed by atoms with E-state index >= 15 is 0 Å². The summed E-state index contributed by atoms with van der Waals surface area (Å²) in [6.07, 6.45) is 0. The Morgan fingerprint density at radius 1 is 1.18 bits per heavy atom. The summed E-state index contributed by atoms with van der Waals surface area (Å²) >= 11 is 0.811. The molecule has 3 rings (SSSR count). The van der Waals surface area contributed by atoms with Crippen LogP contribution < -0.4 is 10.5 Å². The molecule has 2 aromatic carbocycles. The fourth-order valence-electron chi connectivity index (χ4n) is 2.71. The molecule has 3 N–H and O–H groups in total. The van der Waals surface area contributed by atoms with E-state index in [4.69, 9.17) is 5.14 Å². The fourth-order valence-corrected chi connectivity index (χ4v) is 4.57. The molecule has 0 aliphatic rings. The fraction of sp³-hybridized carbons (Fsp3) is 0.158. The van der Waals surface area contributed by atoms with E-state index in [1.807, 2.05) is 0 Å². The number of sulfonamides is 1. The molecule has 1 atom stereocenters. The van der Waals surface area contributed by atoms with Crippen molar-refractivity contribution in [3.8, 4) is 11.1 Å². The van der Waals surface area contributed by atoms with Gasteiger partial charge in [0.05, 0.1) is 11.6 Å². The van der Waals surface area contributed by atoms with Gasteiger partial charge in [-0.25, -0.2) is 22.9 Å². The molecule has 28 heavy (non-hydrogen) atoms. The Balaban J connectivity index is 1.76. The smallest absolute Gasteiger partial charge is 0.249 e. The zero-order chi connectivity index (χ0) is 20.5. The normalized spacial score (nSPS) is 12.6. The lowest BCUT2D eigenvalue weighted by molar-refractivity contribution is -0.117. The largest absolute Gasteiger partial charge is 0.301 e. The number of rotatable bonds is 5. The summed E-state index contributed by atoms with van der Waals surface area (Å²) in [4.78, 5) is 16.5. The van der Waals surface area contributed by atoms with Crippen LogP contribution >= 0.6 is 11.3 Å². The maximum absolute atomic E-state index is 13.9. The van der Waals surface area contributed by atoms with E-state index in [1.165, 1.54) is 13.0 Å². The number of anilines is 1. The van der Waals surface area contributed by atoms with Crippen molar-refractivity contribution in [1.29, 1.82) is 0 Å². The van der Waals surface area contributed by atoms with Crippen molar-refractivity contribution in [3.05, 3.63) is 65.6 Å². The van der Waals surface area contributed by atoms with Crippen LogP contribution in [0.25, 0.3) is 11.1 Å². The highest BCUT2D eigenvalue weighted by molar-refractivity contribution is 7.91. The number of hydrogen-bond donors (Lipinski definition) is 2. The van der Waals surface area contributed by atoms with Crippen LogP contribution in [-0.2, 0) is 14.8 Å². The highest BCUT2D eigenvalue weighted by Gasteiger charge is 2.21. The second kappa shape index (κ2) is 7.78. The number of nitrogens with two attached hydrogens (primary N) is 1. The third kappa shape index (κ3) is 4.27. The summed E-state index contributed by atoms with van der Waals surface area (Å²) in [6.45, 7) is 3.23. The van der Waals surface area contributed by atoms with E-state index in [-0.39, 0.29) is 26.8 Å². The number of carbonyl (C=O) groups excluding carboxylic acids is 1. The van der Waals surface area contributed by atoms with Gasteiger partial charge in [-0.3, -0.25) is 4.79 Å². The van der Waals surface area contributed by atoms with Crippen LogP contribution in [0.2, 0.25) is 0 Å². The lowest BCUT2D eigenvalue weighted by atomic mass is 9.97. The van der Waals surface area contributed by atoms with Gasteiger partial charge in [-0.2, -0.15) is 0 Å². The number of amides is 1. The first kappa shape index (κ1) is 20.1. The van der Waals surface area contributed by atoms with Gasteiger partial charge in [-0.05, 0) is 31.0 Å². The van der Waals surface area contributed by atoms with Crippen molar-refractivity contribution in [1.82, 2.24) is 4.98 Å². The van der Waals surface area contributed by atoms with Gasteiger partial charge in [0.1, 0.15) is 5.82 Å². The van der Waals surface area contributed by atoms with E-state index in [2.05, 4.69) is 10.3 Å². The van der Waals surface area contributed by atoms with Crippen molar-refractivity contribution in [2.45, 2.75) is 24.0 Å². The topological polar surface area (TPSA) is 102 Å². The lowest BCUT2D eigenvalue weighted by Gasteiger charge is -2.12. The molecular formula is C19H18FN3O3S2. The van der Waals surface area contributed by atoms with Gasteiger partial charge < -0.3 is 5.32 Å². The molecule has 0 aliphatic carbocycles.